The van der Waals surface area contributed by atoms with Crippen LogP contribution in [0, 0.1) is 13.8 Å². The summed E-state index contributed by atoms with van der Waals surface area (Å²) in [7, 11) is 0. The summed E-state index contributed by atoms with van der Waals surface area (Å²) in [6.45, 7) is 8.55. The van der Waals surface area contributed by atoms with Crippen molar-refractivity contribution in [1.82, 2.24) is 15.1 Å². The Morgan fingerprint density at radius 3 is 2.36 bits per heavy atom. The monoisotopic (exact) mass is 364 g/mol. The van der Waals surface area contributed by atoms with Crippen molar-refractivity contribution in [1.29, 1.82) is 0 Å². The third-order valence-corrected chi connectivity index (χ3v) is 4.83. The van der Waals surface area contributed by atoms with E-state index < -0.39 is 0 Å². The minimum absolute atomic E-state index is 0. The summed E-state index contributed by atoms with van der Waals surface area (Å²) < 4.78 is 1.89. The van der Waals surface area contributed by atoms with Crippen LogP contribution in [-0.4, -0.2) is 27.8 Å². The van der Waals surface area contributed by atoms with Crippen LogP contribution < -0.4 is 11.1 Å². The zero-order chi connectivity index (χ0) is 17.7. The smallest absolute Gasteiger partial charge is 0.224 e. The molecule has 0 atom stereocenters. The maximum absolute atomic E-state index is 12.3. The lowest BCUT2D eigenvalue weighted by molar-refractivity contribution is -0.120. The summed E-state index contributed by atoms with van der Waals surface area (Å²) in [6, 6.07) is 9.95. The fraction of sp³-hybridized carbons (Fsp3) is 0.474. The molecule has 3 N–H and O–H groups in total. The van der Waals surface area contributed by atoms with E-state index in [-0.39, 0.29) is 23.9 Å². The molecule has 0 aliphatic rings. The van der Waals surface area contributed by atoms with Crippen LogP contribution in [0.3, 0.4) is 0 Å². The van der Waals surface area contributed by atoms with Gasteiger partial charge < -0.3 is 11.1 Å². The van der Waals surface area contributed by atoms with E-state index in [9.17, 15) is 4.79 Å². The number of rotatable bonds is 7. The third kappa shape index (κ3) is 5.06. The van der Waals surface area contributed by atoms with Crippen molar-refractivity contribution in [3.05, 3.63) is 47.3 Å². The minimum atomic E-state index is -0.325. The molecule has 1 aromatic carbocycles. The number of aryl methyl sites for hydroxylation is 1. The molecule has 0 aliphatic carbocycles. The Bertz CT molecular complexity index is 693. The van der Waals surface area contributed by atoms with E-state index in [1.165, 1.54) is 0 Å². The van der Waals surface area contributed by atoms with Gasteiger partial charge in [0.15, 0.2) is 0 Å². The van der Waals surface area contributed by atoms with Gasteiger partial charge in [-0.2, -0.15) is 5.10 Å². The van der Waals surface area contributed by atoms with Gasteiger partial charge in [0, 0.05) is 23.3 Å². The van der Waals surface area contributed by atoms with Crippen LogP contribution in [0.1, 0.15) is 43.6 Å². The predicted octanol–water partition coefficient (Wildman–Crippen LogP) is 3.09. The van der Waals surface area contributed by atoms with Crippen molar-refractivity contribution in [2.75, 3.05) is 6.54 Å². The molecule has 1 amide bonds. The molecule has 6 heteroatoms. The average molecular weight is 365 g/mol. The number of carbonyl (C=O) groups excluding carboxylic acids is 1. The van der Waals surface area contributed by atoms with Crippen molar-refractivity contribution in [2.45, 2.75) is 52.5 Å². The number of halogens is 1. The van der Waals surface area contributed by atoms with Gasteiger partial charge in [0.2, 0.25) is 5.91 Å². The lowest BCUT2D eigenvalue weighted by Gasteiger charge is -2.26. The summed E-state index contributed by atoms with van der Waals surface area (Å²) in [6.07, 6.45) is 2.01. The molecule has 0 radical (unpaired) electrons. The molecule has 0 spiro atoms. The summed E-state index contributed by atoms with van der Waals surface area (Å²) in [5, 5.41) is 7.56. The molecule has 2 aromatic rings. The Hall–Kier alpha value is -1.85. The molecule has 0 fully saturated rings. The topological polar surface area (TPSA) is 72.9 Å². The average Bonchev–Trinajstić information content (AvgIpc) is 2.88. The van der Waals surface area contributed by atoms with Crippen molar-refractivity contribution >= 4 is 18.3 Å². The number of nitrogens with two attached hydrogens (primary N) is 1. The third-order valence-electron chi connectivity index (χ3n) is 4.83. The highest BCUT2D eigenvalue weighted by Crippen LogP contribution is 2.18. The van der Waals surface area contributed by atoms with Gasteiger partial charge in [0.05, 0.1) is 17.8 Å². The summed E-state index contributed by atoms with van der Waals surface area (Å²) in [4.78, 5) is 12.3. The molecule has 25 heavy (non-hydrogen) atoms. The SMILES string of the molecule is CCC(N)(CC)CNC(=O)Cc1c(C)nn(-c2ccccc2)c1C.Cl. The zero-order valence-corrected chi connectivity index (χ0v) is 16.3. The lowest BCUT2D eigenvalue weighted by atomic mass is 9.94. The van der Waals surface area contributed by atoms with Crippen LogP contribution in [0.4, 0.5) is 0 Å². The number of amides is 1. The number of nitrogens with zero attached hydrogens (tertiary/aromatic N) is 2. The number of hydrogen-bond donors (Lipinski definition) is 2. The van der Waals surface area contributed by atoms with Gasteiger partial charge in [0.25, 0.3) is 0 Å². The van der Waals surface area contributed by atoms with Crippen LogP contribution in [0.2, 0.25) is 0 Å². The van der Waals surface area contributed by atoms with Gasteiger partial charge >= 0.3 is 0 Å². The van der Waals surface area contributed by atoms with Crippen molar-refractivity contribution in [3.8, 4) is 5.69 Å². The molecular weight excluding hydrogens is 336 g/mol. The largest absolute Gasteiger partial charge is 0.354 e. The Labute approximate surface area is 156 Å². The number of benzene rings is 1. The van der Waals surface area contributed by atoms with Gasteiger partial charge in [-0.3, -0.25) is 4.79 Å². The van der Waals surface area contributed by atoms with Crippen LogP contribution in [-0.2, 0) is 11.2 Å². The van der Waals surface area contributed by atoms with Crippen LogP contribution in [0.5, 0.6) is 0 Å². The molecule has 1 aromatic heterocycles. The number of para-hydroxylation sites is 1. The molecule has 0 aliphatic heterocycles. The first kappa shape index (κ1) is 21.2. The lowest BCUT2D eigenvalue weighted by Crippen LogP contribution is -2.49. The molecule has 0 saturated carbocycles. The zero-order valence-electron chi connectivity index (χ0n) is 15.5. The number of aromatic nitrogens is 2. The molecule has 138 valence electrons. The van der Waals surface area contributed by atoms with Gasteiger partial charge in [-0.25, -0.2) is 4.68 Å². The first-order valence-electron chi connectivity index (χ1n) is 8.56. The standard InChI is InChI=1S/C19H28N4O.ClH/c1-5-19(20,6-2)13-21-18(24)12-17-14(3)22-23(15(17)4)16-10-8-7-9-11-16;/h7-11H,5-6,12-13,20H2,1-4H3,(H,21,24);1H. The highest BCUT2D eigenvalue weighted by Gasteiger charge is 2.22. The Morgan fingerprint density at radius 1 is 1.20 bits per heavy atom. The second kappa shape index (κ2) is 9.02. The molecule has 5 nitrogen and oxygen atoms in total. The van der Waals surface area contributed by atoms with E-state index >= 15 is 0 Å². The number of hydrogen-bond acceptors (Lipinski definition) is 3. The minimum Gasteiger partial charge on any atom is -0.354 e. The first-order chi connectivity index (χ1) is 11.4. The van der Waals surface area contributed by atoms with Gasteiger partial charge in [0.1, 0.15) is 0 Å². The normalized spacial score (nSPS) is 11.1. The highest BCUT2D eigenvalue weighted by molar-refractivity contribution is 5.85. The summed E-state index contributed by atoms with van der Waals surface area (Å²) in [5.74, 6) is -0.00876. The van der Waals surface area contributed by atoms with Gasteiger partial charge in [-0.1, -0.05) is 32.0 Å². The summed E-state index contributed by atoms with van der Waals surface area (Å²) >= 11 is 0. The Kier molecular flexibility index (Phi) is 7.64. The molecule has 2 rings (SSSR count). The number of nitrogens with one attached hydrogen (secondary N) is 1. The van der Waals surface area contributed by atoms with Crippen LogP contribution in [0.15, 0.2) is 30.3 Å². The molecule has 1 heterocycles. The van der Waals surface area contributed by atoms with Crippen LogP contribution in [0.25, 0.3) is 5.69 Å². The maximum Gasteiger partial charge on any atom is 0.224 e. The van der Waals surface area contributed by atoms with Crippen LogP contribution >= 0.6 is 12.4 Å². The van der Waals surface area contributed by atoms with E-state index in [1.54, 1.807) is 0 Å². The van der Waals surface area contributed by atoms with Gasteiger partial charge in [-0.05, 0) is 38.8 Å². The Balaban J connectivity index is 0.00000312. The number of carbonyl (C=O) groups is 1. The fourth-order valence-electron chi connectivity index (χ4n) is 2.75. The van der Waals surface area contributed by atoms with E-state index in [4.69, 9.17) is 5.73 Å². The van der Waals surface area contributed by atoms with Gasteiger partial charge in [-0.15, -0.1) is 12.4 Å². The van der Waals surface area contributed by atoms with E-state index in [1.807, 2.05) is 62.7 Å². The highest BCUT2D eigenvalue weighted by atomic mass is 35.5. The first-order valence-corrected chi connectivity index (χ1v) is 8.56. The molecule has 0 unspecified atom stereocenters. The molecule has 0 saturated heterocycles. The molecule has 0 bridgehead atoms. The second-order valence-corrected chi connectivity index (χ2v) is 6.42. The van der Waals surface area contributed by atoms with Crippen molar-refractivity contribution in [2.24, 2.45) is 5.73 Å². The quantitative estimate of drug-likeness (QED) is 0.792. The second-order valence-electron chi connectivity index (χ2n) is 6.42. The fourth-order valence-corrected chi connectivity index (χ4v) is 2.75. The van der Waals surface area contributed by atoms with E-state index in [2.05, 4.69) is 10.4 Å². The van der Waals surface area contributed by atoms with Crippen molar-refractivity contribution < 1.29 is 4.79 Å². The van der Waals surface area contributed by atoms with E-state index in [0.29, 0.717) is 13.0 Å². The van der Waals surface area contributed by atoms with E-state index in [0.717, 1.165) is 35.5 Å². The maximum atomic E-state index is 12.3. The Morgan fingerprint density at radius 2 is 1.80 bits per heavy atom. The summed E-state index contributed by atoms with van der Waals surface area (Å²) in [5.41, 5.74) is 9.79. The predicted molar refractivity (Wildman–Crippen MR) is 105 cm³/mol. The molecular formula is C19H29ClN4O. The van der Waals surface area contributed by atoms with Crippen molar-refractivity contribution in [3.63, 3.8) is 0 Å².